The summed E-state index contributed by atoms with van der Waals surface area (Å²) in [6, 6.07) is 31.3. The molecule has 3 saturated heterocycles. The zero-order valence-electron chi connectivity index (χ0n) is 30.3. The van der Waals surface area contributed by atoms with Gasteiger partial charge in [-0.3, -0.25) is 9.69 Å². The van der Waals surface area contributed by atoms with Crippen LogP contribution in [0.3, 0.4) is 0 Å². The molecule has 54 heavy (non-hydrogen) atoms. The number of fused-ring (bicyclic) bond motifs is 5. The van der Waals surface area contributed by atoms with Crippen molar-refractivity contribution in [1.29, 1.82) is 0 Å². The second-order valence-corrected chi connectivity index (χ2v) is 14.9. The molecule has 5 N–H and O–H groups in total. The van der Waals surface area contributed by atoms with Crippen LogP contribution < -0.4 is 15.8 Å². The zero-order chi connectivity index (χ0) is 37.2. The smallest absolute Gasteiger partial charge is 0.412 e. The fraction of sp³-hybridized carbons (Fsp3) is 0.318. The van der Waals surface area contributed by atoms with Crippen molar-refractivity contribution in [3.63, 3.8) is 0 Å². The van der Waals surface area contributed by atoms with E-state index >= 15 is 0 Å². The molecule has 0 radical (unpaired) electrons. The number of rotatable bonds is 13. The maximum absolute atomic E-state index is 13.0. The summed E-state index contributed by atoms with van der Waals surface area (Å²) in [4.78, 5) is 31.4. The van der Waals surface area contributed by atoms with Crippen molar-refractivity contribution < 1.29 is 20.1 Å². The number of carboxylic acid groups (broad SMARTS) is 1. The number of anilines is 1. The van der Waals surface area contributed by atoms with Crippen LogP contribution in [0.2, 0.25) is 0 Å². The number of aliphatic hydroxyl groups is 1. The Morgan fingerprint density at radius 2 is 1.74 bits per heavy atom. The highest BCUT2D eigenvalue weighted by atomic mass is 16.4. The Kier molecular flexibility index (Phi) is 10.2. The lowest BCUT2D eigenvalue weighted by Gasteiger charge is -2.48. The standard InChI is InChI=1S/C44H47N5O5/c50-40-15-12-35(36-13-16-42(52)46-43(36)40)41(51)27-45-26-30-10-14-37-33(24-30)19-23-48(37)20-5-4-6-29-9-11-34(31-7-2-1-3-8-31)38(25-29)49(44(53)54)39-28-47-21-17-32(39)18-22-47/h1-3,7-16,19,23-25,32,39,41,45,50-51H,4-6,17-18,20-22,26-28H2,(H,46,52)(H,53,54)/t39-,41-/m0/s1. The van der Waals surface area contributed by atoms with Gasteiger partial charge >= 0.3 is 6.09 Å². The van der Waals surface area contributed by atoms with Gasteiger partial charge in [0.2, 0.25) is 5.56 Å². The minimum absolute atomic E-state index is 0.0293. The second kappa shape index (κ2) is 15.5. The third-order valence-electron chi connectivity index (χ3n) is 11.4. The predicted molar refractivity (Wildman–Crippen MR) is 213 cm³/mol. The van der Waals surface area contributed by atoms with Crippen LogP contribution in [-0.4, -0.2) is 68.1 Å². The Bertz CT molecular complexity index is 2330. The Morgan fingerprint density at radius 1 is 0.926 bits per heavy atom. The minimum Gasteiger partial charge on any atom is -0.506 e. The van der Waals surface area contributed by atoms with Gasteiger partial charge in [-0.05, 0) is 115 Å². The molecule has 1 amide bonds. The summed E-state index contributed by atoms with van der Waals surface area (Å²) in [6.45, 7) is 4.69. The van der Waals surface area contributed by atoms with E-state index in [-0.39, 0.29) is 17.4 Å². The Morgan fingerprint density at radius 3 is 2.52 bits per heavy atom. The normalized spacial score (nSPS) is 18.6. The number of piperidine rings is 3. The number of aromatic hydroxyl groups is 1. The van der Waals surface area contributed by atoms with Gasteiger partial charge in [-0.2, -0.15) is 0 Å². The molecular formula is C44H47N5O5. The van der Waals surface area contributed by atoms with Crippen molar-refractivity contribution in [2.45, 2.75) is 57.3 Å². The molecule has 10 heteroatoms. The van der Waals surface area contributed by atoms with Crippen LogP contribution in [0.5, 0.6) is 5.75 Å². The van der Waals surface area contributed by atoms with Crippen molar-refractivity contribution in [2.75, 3.05) is 31.1 Å². The number of pyridine rings is 1. The molecule has 5 heterocycles. The molecular weight excluding hydrogens is 679 g/mol. The first-order valence-corrected chi connectivity index (χ1v) is 19.1. The summed E-state index contributed by atoms with van der Waals surface area (Å²) >= 11 is 0. The van der Waals surface area contributed by atoms with E-state index < -0.39 is 12.2 Å². The van der Waals surface area contributed by atoms with E-state index in [9.17, 15) is 24.9 Å². The first-order chi connectivity index (χ1) is 26.3. The molecule has 9 rings (SSSR count). The summed E-state index contributed by atoms with van der Waals surface area (Å²) in [5, 5.41) is 36.8. The number of hydrogen-bond donors (Lipinski definition) is 5. The van der Waals surface area contributed by atoms with E-state index in [4.69, 9.17) is 0 Å². The van der Waals surface area contributed by atoms with E-state index in [1.807, 2.05) is 18.2 Å². The van der Waals surface area contributed by atoms with Gasteiger partial charge in [0.05, 0.1) is 23.3 Å². The van der Waals surface area contributed by atoms with Crippen molar-refractivity contribution in [1.82, 2.24) is 19.8 Å². The number of phenols is 1. The topological polar surface area (TPSA) is 134 Å². The van der Waals surface area contributed by atoms with E-state index in [1.165, 1.54) is 17.6 Å². The van der Waals surface area contributed by atoms with Crippen LogP contribution in [-0.2, 0) is 19.5 Å². The van der Waals surface area contributed by atoms with Crippen LogP contribution in [0.1, 0.15) is 48.5 Å². The number of aliphatic hydroxyl groups excluding tert-OH is 1. The Labute approximate surface area is 314 Å². The fourth-order valence-electron chi connectivity index (χ4n) is 8.62. The third-order valence-corrected chi connectivity index (χ3v) is 11.4. The highest BCUT2D eigenvalue weighted by molar-refractivity contribution is 5.94. The van der Waals surface area contributed by atoms with E-state index in [1.54, 1.807) is 17.0 Å². The molecule has 3 fully saturated rings. The zero-order valence-corrected chi connectivity index (χ0v) is 30.3. The number of aromatic nitrogens is 2. The summed E-state index contributed by atoms with van der Waals surface area (Å²) in [7, 11) is 0. The van der Waals surface area contributed by atoms with Crippen LogP contribution in [0.15, 0.2) is 108 Å². The Hall–Kier alpha value is -5.42. The van der Waals surface area contributed by atoms with Gasteiger partial charge < -0.3 is 35.1 Å². The molecule has 3 aliphatic heterocycles. The summed E-state index contributed by atoms with van der Waals surface area (Å²) in [5.41, 5.74) is 6.88. The lowest BCUT2D eigenvalue weighted by molar-refractivity contribution is 0.0837. The number of nitrogens with one attached hydrogen (secondary N) is 2. The number of phenolic OH excluding ortho intramolecular Hbond substituents is 1. The van der Waals surface area contributed by atoms with E-state index in [2.05, 4.69) is 80.6 Å². The van der Waals surface area contributed by atoms with Gasteiger partial charge in [0, 0.05) is 54.9 Å². The molecule has 4 aromatic carbocycles. The molecule has 2 atom stereocenters. The molecule has 2 aromatic heterocycles. The number of amides is 1. The SMILES string of the molecule is O=C(O)N(c1cc(CCCCn2ccc3cc(CNC[C@H](O)c4ccc(O)c5[nH]c(=O)ccc45)ccc32)ccc1-c1ccccc1)[C@H]1CN2CCC1CC2. The second-order valence-electron chi connectivity index (χ2n) is 14.9. The number of nitrogens with zero attached hydrogens (tertiary/aromatic N) is 3. The maximum atomic E-state index is 13.0. The predicted octanol–water partition coefficient (Wildman–Crippen LogP) is 7.28. The van der Waals surface area contributed by atoms with Crippen molar-refractivity contribution in [3.8, 4) is 16.9 Å². The van der Waals surface area contributed by atoms with E-state index in [0.29, 0.717) is 35.5 Å². The number of benzene rings is 4. The number of unbranched alkanes of at least 4 members (excludes halogenated alkanes) is 1. The van der Waals surface area contributed by atoms with Crippen LogP contribution in [0.4, 0.5) is 10.5 Å². The lowest BCUT2D eigenvalue weighted by atomic mass is 9.82. The van der Waals surface area contributed by atoms with Crippen molar-refractivity contribution in [3.05, 3.63) is 130 Å². The van der Waals surface area contributed by atoms with Gasteiger partial charge in [-0.15, -0.1) is 0 Å². The maximum Gasteiger partial charge on any atom is 0.412 e. The summed E-state index contributed by atoms with van der Waals surface area (Å²) < 4.78 is 2.29. The molecule has 278 valence electrons. The first-order valence-electron chi connectivity index (χ1n) is 19.1. The summed E-state index contributed by atoms with van der Waals surface area (Å²) in [5.74, 6) is 0.362. The number of aryl methyl sites for hydroxylation is 2. The largest absolute Gasteiger partial charge is 0.506 e. The molecule has 10 nitrogen and oxygen atoms in total. The third kappa shape index (κ3) is 7.37. The van der Waals surface area contributed by atoms with Crippen LogP contribution in [0, 0.1) is 5.92 Å². The van der Waals surface area contributed by atoms with Gasteiger partial charge in [-0.1, -0.05) is 54.6 Å². The Balaban J connectivity index is 0.896. The molecule has 3 aliphatic rings. The van der Waals surface area contributed by atoms with Crippen molar-refractivity contribution in [2.24, 2.45) is 5.92 Å². The van der Waals surface area contributed by atoms with E-state index in [0.717, 1.165) is 91.6 Å². The number of carbonyl (C=O) groups is 1. The number of H-pyrrole nitrogens is 1. The van der Waals surface area contributed by atoms with Crippen LogP contribution >= 0.6 is 0 Å². The highest BCUT2D eigenvalue weighted by Crippen LogP contribution is 2.39. The molecule has 0 spiro atoms. The van der Waals surface area contributed by atoms with Gasteiger partial charge in [-0.25, -0.2) is 4.79 Å². The monoisotopic (exact) mass is 725 g/mol. The van der Waals surface area contributed by atoms with Gasteiger partial charge in [0.15, 0.2) is 0 Å². The van der Waals surface area contributed by atoms with Crippen LogP contribution in [0.25, 0.3) is 32.9 Å². The molecule has 6 aromatic rings. The molecule has 0 aliphatic carbocycles. The number of aromatic amines is 1. The summed E-state index contributed by atoms with van der Waals surface area (Å²) in [6.07, 6.45) is 5.38. The van der Waals surface area contributed by atoms with Gasteiger partial charge in [0.25, 0.3) is 0 Å². The average molecular weight is 726 g/mol. The number of hydrogen-bond acceptors (Lipinski definition) is 6. The minimum atomic E-state index is -0.874. The fourth-order valence-corrected chi connectivity index (χ4v) is 8.62. The van der Waals surface area contributed by atoms with Crippen molar-refractivity contribution >= 4 is 33.6 Å². The first kappa shape index (κ1) is 35.6. The quantitative estimate of drug-likeness (QED) is 0.0791. The lowest BCUT2D eigenvalue weighted by Crippen LogP contribution is -2.59. The average Bonchev–Trinajstić information content (AvgIpc) is 3.59. The van der Waals surface area contributed by atoms with Gasteiger partial charge in [0.1, 0.15) is 5.75 Å². The molecule has 2 bridgehead atoms. The molecule has 0 unspecified atom stereocenters. The molecule has 0 saturated carbocycles. The highest BCUT2D eigenvalue weighted by Gasteiger charge is 2.40.